The summed E-state index contributed by atoms with van der Waals surface area (Å²) in [4.78, 5) is 13.6. The highest BCUT2D eigenvalue weighted by molar-refractivity contribution is 9.10. The molecule has 4 nitrogen and oxygen atoms in total. The summed E-state index contributed by atoms with van der Waals surface area (Å²) in [5.41, 5.74) is 1.55. The minimum Gasteiger partial charge on any atom is -0.310 e. The molecule has 0 bridgehead atoms. The summed E-state index contributed by atoms with van der Waals surface area (Å²) in [6.45, 7) is 2.20. The second kappa shape index (κ2) is 5.83. The molecule has 1 aliphatic heterocycles. The summed E-state index contributed by atoms with van der Waals surface area (Å²) in [6, 6.07) is 3.63. The van der Waals surface area contributed by atoms with Gasteiger partial charge in [0.25, 0.3) is 0 Å². The number of halogens is 3. The van der Waals surface area contributed by atoms with Gasteiger partial charge in [-0.1, -0.05) is 11.6 Å². The monoisotopic (exact) mass is 399 g/mol. The van der Waals surface area contributed by atoms with Gasteiger partial charge in [-0.05, 0) is 40.5 Å². The normalized spacial score (nSPS) is 19.7. The van der Waals surface area contributed by atoms with Crippen LogP contribution in [0.3, 0.4) is 0 Å². The van der Waals surface area contributed by atoms with Gasteiger partial charge in [0.05, 0.1) is 16.5 Å². The van der Waals surface area contributed by atoms with Crippen LogP contribution < -0.4 is 4.90 Å². The molecular formula is C12H12BrCl2NO3S. The molecule has 1 aromatic carbocycles. The Hall–Kier alpha value is -0.300. The van der Waals surface area contributed by atoms with E-state index in [1.807, 2.05) is 13.0 Å². The molecule has 1 aliphatic rings. The van der Waals surface area contributed by atoms with Crippen LogP contribution in [0.1, 0.15) is 12.0 Å². The first-order valence-electron chi connectivity index (χ1n) is 5.85. The smallest absolute Gasteiger partial charge is 0.232 e. The summed E-state index contributed by atoms with van der Waals surface area (Å²) in [5, 5.41) is 0.458. The van der Waals surface area contributed by atoms with Gasteiger partial charge in [-0.3, -0.25) is 4.79 Å². The molecule has 2 rings (SSSR count). The van der Waals surface area contributed by atoms with E-state index in [9.17, 15) is 13.2 Å². The van der Waals surface area contributed by atoms with Gasteiger partial charge in [0.2, 0.25) is 15.0 Å². The summed E-state index contributed by atoms with van der Waals surface area (Å²) in [6.07, 6.45) is 0.155. The minimum atomic E-state index is -3.61. The van der Waals surface area contributed by atoms with E-state index in [0.29, 0.717) is 21.7 Å². The van der Waals surface area contributed by atoms with Crippen molar-refractivity contribution in [1.82, 2.24) is 0 Å². The standard InChI is InChI=1S/C12H12BrCl2NO3S/c1-7-2-9(13)12(10(14)3-7)16-5-8(4-11(16)17)6-20(15,18)19/h2-3,8H,4-6H2,1H3. The zero-order chi connectivity index (χ0) is 15.1. The number of anilines is 1. The van der Waals surface area contributed by atoms with E-state index >= 15 is 0 Å². The third-order valence-electron chi connectivity index (χ3n) is 3.07. The molecule has 0 aromatic heterocycles. The Kier molecular flexibility index (Phi) is 4.69. The maximum Gasteiger partial charge on any atom is 0.232 e. The van der Waals surface area contributed by atoms with Gasteiger partial charge < -0.3 is 4.90 Å². The number of hydrogen-bond donors (Lipinski definition) is 0. The average Bonchev–Trinajstić information content (AvgIpc) is 2.55. The quantitative estimate of drug-likeness (QED) is 0.731. The lowest BCUT2D eigenvalue weighted by Gasteiger charge is -2.20. The first kappa shape index (κ1) is 16.1. The topological polar surface area (TPSA) is 54.5 Å². The predicted octanol–water partition coefficient (Wildman–Crippen LogP) is 3.33. The molecule has 8 heteroatoms. The van der Waals surface area contributed by atoms with Crippen molar-refractivity contribution in [3.8, 4) is 0 Å². The van der Waals surface area contributed by atoms with Gasteiger partial charge in [-0.2, -0.15) is 0 Å². The van der Waals surface area contributed by atoms with Crippen LogP contribution in [0.15, 0.2) is 16.6 Å². The van der Waals surface area contributed by atoms with Crippen molar-refractivity contribution in [1.29, 1.82) is 0 Å². The van der Waals surface area contributed by atoms with E-state index in [4.69, 9.17) is 22.3 Å². The number of amides is 1. The largest absolute Gasteiger partial charge is 0.310 e. The van der Waals surface area contributed by atoms with Crippen molar-refractivity contribution in [2.24, 2.45) is 5.92 Å². The van der Waals surface area contributed by atoms with Gasteiger partial charge in [-0.15, -0.1) is 0 Å². The Morgan fingerprint density at radius 1 is 1.45 bits per heavy atom. The van der Waals surface area contributed by atoms with Crippen molar-refractivity contribution < 1.29 is 13.2 Å². The average molecular weight is 401 g/mol. The zero-order valence-electron chi connectivity index (χ0n) is 10.6. The van der Waals surface area contributed by atoms with E-state index in [2.05, 4.69) is 15.9 Å². The van der Waals surface area contributed by atoms with Gasteiger partial charge in [-0.25, -0.2) is 8.42 Å². The highest BCUT2D eigenvalue weighted by Gasteiger charge is 2.34. The lowest BCUT2D eigenvalue weighted by molar-refractivity contribution is -0.117. The van der Waals surface area contributed by atoms with Crippen LogP contribution in [0.25, 0.3) is 0 Å². The number of benzene rings is 1. The van der Waals surface area contributed by atoms with E-state index in [0.717, 1.165) is 5.56 Å². The lowest BCUT2D eigenvalue weighted by atomic mass is 10.1. The number of carbonyl (C=O) groups is 1. The molecule has 1 fully saturated rings. The van der Waals surface area contributed by atoms with E-state index in [-0.39, 0.29) is 24.0 Å². The van der Waals surface area contributed by atoms with E-state index < -0.39 is 9.05 Å². The van der Waals surface area contributed by atoms with Crippen LogP contribution in [0.2, 0.25) is 5.02 Å². The zero-order valence-corrected chi connectivity index (χ0v) is 14.5. The summed E-state index contributed by atoms with van der Waals surface area (Å²) in [7, 11) is 1.63. The van der Waals surface area contributed by atoms with E-state index in [1.165, 1.54) is 4.90 Å². The van der Waals surface area contributed by atoms with Crippen molar-refractivity contribution in [3.63, 3.8) is 0 Å². The molecule has 1 saturated heterocycles. The number of nitrogens with zero attached hydrogens (tertiary/aromatic N) is 1. The molecule has 1 unspecified atom stereocenters. The maximum atomic E-state index is 12.1. The van der Waals surface area contributed by atoms with Crippen LogP contribution in [0.4, 0.5) is 5.69 Å². The maximum absolute atomic E-state index is 12.1. The van der Waals surface area contributed by atoms with Crippen molar-refractivity contribution in [2.45, 2.75) is 13.3 Å². The van der Waals surface area contributed by atoms with Gasteiger partial charge in [0.15, 0.2) is 0 Å². The predicted molar refractivity (Wildman–Crippen MR) is 84.0 cm³/mol. The summed E-state index contributed by atoms with van der Waals surface area (Å²) in [5.74, 6) is -0.672. The Balaban J connectivity index is 2.29. The Bertz CT molecular complexity index is 640. The third kappa shape index (κ3) is 3.67. The lowest BCUT2D eigenvalue weighted by Crippen LogP contribution is -2.26. The summed E-state index contributed by atoms with van der Waals surface area (Å²) >= 11 is 9.59. The molecular weight excluding hydrogens is 389 g/mol. The fraction of sp³-hybridized carbons (Fsp3) is 0.417. The molecule has 1 heterocycles. The van der Waals surface area contributed by atoms with Gasteiger partial charge in [0, 0.05) is 34.0 Å². The highest BCUT2D eigenvalue weighted by atomic mass is 79.9. The number of carbonyl (C=O) groups excluding carboxylic acids is 1. The number of rotatable bonds is 3. The first-order valence-corrected chi connectivity index (χ1v) is 9.50. The van der Waals surface area contributed by atoms with Crippen molar-refractivity contribution in [3.05, 3.63) is 27.2 Å². The molecule has 1 aromatic rings. The second-order valence-electron chi connectivity index (χ2n) is 4.86. The molecule has 0 saturated carbocycles. The fourth-order valence-electron chi connectivity index (χ4n) is 2.34. The van der Waals surface area contributed by atoms with Crippen molar-refractivity contribution >= 4 is 58.9 Å². The van der Waals surface area contributed by atoms with E-state index in [1.54, 1.807) is 6.07 Å². The highest BCUT2D eigenvalue weighted by Crippen LogP contribution is 2.38. The van der Waals surface area contributed by atoms with Crippen LogP contribution in [0, 0.1) is 12.8 Å². The number of hydrogen-bond acceptors (Lipinski definition) is 3. The van der Waals surface area contributed by atoms with Gasteiger partial charge in [0.1, 0.15) is 0 Å². The van der Waals surface area contributed by atoms with Crippen LogP contribution in [-0.4, -0.2) is 26.6 Å². The molecule has 0 spiro atoms. The molecule has 0 N–H and O–H groups in total. The Labute approximate surface area is 135 Å². The molecule has 110 valence electrons. The first-order chi connectivity index (χ1) is 9.17. The molecule has 1 atom stereocenters. The van der Waals surface area contributed by atoms with Crippen LogP contribution in [0.5, 0.6) is 0 Å². The molecule has 1 amide bonds. The summed E-state index contributed by atoms with van der Waals surface area (Å²) < 4.78 is 22.9. The SMILES string of the molecule is Cc1cc(Cl)c(N2CC(CS(=O)(=O)Cl)CC2=O)c(Br)c1. The number of aryl methyl sites for hydroxylation is 1. The minimum absolute atomic E-state index is 0.151. The fourth-order valence-corrected chi connectivity index (χ4v) is 4.94. The van der Waals surface area contributed by atoms with Crippen molar-refractivity contribution in [2.75, 3.05) is 17.2 Å². The second-order valence-corrected chi connectivity index (χ2v) is 8.94. The third-order valence-corrected chi connectivity index (χ3v) is 5.21. The van der Waals surface area contributed by atoms with Gasteiger partial charge >= 0.3 is 0 Å². The van der Waals surface area contributed by atoms with Crippen LogP contribution in [-0.2, 0) is 13.8 Å². The molecule has 20 heavy (non-hydrogen) atoms. The molecule has 0 radical (unpaired) electrons. The Morgan fingerprint density at radius 2 is 2.10 bits per heavy atom. The molecule has 0 aliphatic carbocycles. The van der Waals surface area contributed by atoms with Crippen LogP contribution >= 0.6 is 38.2 Å². The Morgan fingerprint density at radius 3 is 2.65 bits per heavy atom.